The number of thiophene rings is 1. The zero-order chi connectivity index (χ0) is 34.2. The van der Waals surface area contributed by atoms with Gasteiger partial charge in [-0.1, -0.05) is 121 Å². The molecule has 0 N–H and O–H groups in total. The lowest BCUT2D eigenvalue weighted by molar-refractivity contribution is 0.669. The highest BCUT2D eigenvalue weighted by atomic mass is 32.1. The average molecular weight is 683 g/mol. The molecule has 11 aromatic rings. The Balaban J connectivity index is 1.28. The largest absolute Gasteiger partial charge is 0.456 e. The highest BCUT2D eigenvalue weighted by molar-refractivity contribution is 7.26. The smallest absolute Gasteiger partial charge is 0.137 e. The molecule has 3 nitrogen and oxygen atoms in total. The molecule has 0 bridgehead atoms. The number of nitrogens with zero attached hydrogens (tertiary/aromatic N) is 2. The second-order valence-corrected chi connectivity index (χ2v) is 14.3. The molecule has 0 saturated carbocycles. The first kappa shape index (κ1) is 29.1. The van der Waals surface area contributed by atoms with Crippen molar-refractivity contribution < 1.29 is 4.42 Å². The lowest BCUT2D eigenvalue weighted by Crippen LogP contribution is -2.11. The molecule has 0 saturated heterocycles. The van der Waals surface area contributed by atoms with Gasteiger partial charge in [-0.3, -0.25) is 0 Å². The van der Waals surface area contributed by atoms with Gasteiger partial charge in [0, 0.05) is 47.7 Å². The summed E-state index contributed by atoms with van der Waals surface area (Å²) >= 11 is 1.87. The molecule has 0 aliphatic rings. The monoisotopic (exact) mass is 682 g/mol. The molecule has 0 radical (unpaired) electrons. The van der Waals surface area contributed by atoms with Gasteiger partial charge in [0.05, 0.1) is 27.8 Å². The molecule has 52 heavy (non-hydrogen) atoms. The van der Waals surface area contributed by atoms with Crippen LogP contribution in [0.3, 0.4) is 0 Å². The molecule has 3 heterocycles. The Morgan fingerprint density at radius 1 is 0.462 bits per heavy atom. The molecule has 0 unspecified atom stereocenters. The Morgan fingerprint density at radius 3 is 2.00 bits per heavy atom. The summed E-state index contributed by atoms with van der Waals surface area (Å²) in [4.78, 5) is 2.47. The molecule has 0 atom stereocenters. The average Bonchev–Trinajstić information content (AvgIpc) is 3.89. The Kier molecular flexibility index (Phi) is 6.42. The van der Waals surface area contributed by atoms with Gasteiger partial charge in [0.25, 0.3) is 0 Å². The molecule has 0 amide bonds. The number of rotatable bonds is 5. The van der Waals surface area contributed by atoms with E-state index in [2.05, 4.69) is 185 Å². The fourth-order valence-corrected chi connectivity index (χ4v) is 9.40. The quantitative estimate of drug-likeness (QED) is 0.180. The summed E-state index contributed by atoms with van der Waals surface area (Å²) in [6, 6.07) is 65.4. The van der Waals surface area contributed by atoms with Crippen molar-refractivity contribution in [3.63, 3.8) is 0 Å². The fourth-order valence-electron chi connectivity index (χ4n) is 8.15. The summed E-state index contributed by atoms with van der Waals surface area (Å²) in [5.41, 5.74) is 11.0. The molecule has 0 aliphatic heterocycles. The molecule has 8 aromatic carbocycles. The van der Waals surface area contributed by atoms with E-state index in [0.29, 0.717) is 0 Å². The van der Waals surface area contributed by atoms with E-state index < -0.39 is 0 Å². The van der Waals surface area contributed by atoms with E-state index in [4.69, 9.17) is 4.42 Å². The second-order valence-electron chi connectivity index (χ2n) is 13.3. The van der Waals surface area contributed by atoms with E-state index in [1.807, 2.05) is 17.4 Å². The van der Waals surface area contributed by atoms with Crippen LogP contribution >= 0.6 is 11.3 Å². The van der Waals surface area contributed by atoms with Gasteiger partial charge in [0.15, 0.2) is 0 Å². The number of furan rings is 1. The predicted molar refractivity (Wildman–Crippen MR) is 221 cm³/mol. The first-order valence-corrected chi connectivity index (χ1v) is 18.4. The highest BCUT2D eigenvalue weighted by Gasteiger charge is 2.25. The minimum atomic E-state index is 0.871. The van der Waals surface area contributed by atoms with Crippen molar-refractivity contribution in [3.8, 4) is 16.8 Å². The highest BCUT2D eigenvalue weighted by Crippen LogP contribution is 2.51. The third kappa shape index (κ3) is 4.31. The Morgan fingerprint density at radius 2 is 1.13 bits per heavy atom. The van der Waals surface area contributed by atoms with Crippen molar-refractivity contribution >= 4 is 92.3 Å². The van der Waals surface area contributed by atoms with Gasteiger partial charge in [0.2, 0.25) is 0 Å². The van der Waals surface area contributed by atoms with Crippen LogP contribution in [-0.4, -0.2) is 4.57 Å². The van der Waals surface area contributed by atoms with Crippen LogP contribution < -0.4 is 4.90 Å². The van der Waals surface area contributed by atoms with Crippen molar-refractivity contribution in [2.24, 2.45) is 0 Å². The molecule has 0 fully saturated rings. The maximum Gasteiger partial charge on any atom is 0.137 e. The standard InChI is InChI=1S/C48H30N2OS/c1-3-14-31(15-4-1)34-28-29-41(47-38-20-9-12-25-45(38)52-48(34)47)50(40-22-13-24-44-46(40)37-19-8-11-23-43(37)51-44)33-26-27-36-35-18-7-10-21-39(35)49(42(36)30-33)32-16-5-2-6-17-32/h1-30H. The SMILES string of the molecule is c1ccc(-c2ccc(N(c3ccc4c5ccccc5n(-c5ccccc5)c4c3)c3cccc4oc5ccccc5c34)c3c2sc2ccccc23)cc1. The van der Waals surface area contributed by atoms with Gasteiger partial charge in [-0.25, -0.2) is 0 Å². The van der Waals surface area contributed by atoms with Crippen LogP contribution in [0.1, 0.15) is 0 Å². The lowest BCUT2D eigenvalue weighted by atomic mass is 9.99. The molecule has 3 aromatic heterocycles. The van der Waals surface area contributed by atoms with Crippen LogP contribution in [-0.2, 0) is 0 Å². The summed E-state index contributed by atoms with van der Waals surface area (Å²) in [6.45, 7) is 0. The topological polar surface area (TPSA) is 21.3 Å². The van der Waals surface area contributed by atoms with E-state index in [9.17, 15) is 0 Å². The molecular weight excluding hydrogens is 653 g/mol. The number of para-hydroxylation sites is 3. The maximum absolute atomic E-state index is 6.49. The van der Waals surface area contributed by atoms with E-state index >= 15 is 0 Å². The third-order valence-electron chi connectivity index (χ3n) is 10.4. The van der Waals surface area contributed by atoms with Crippen molar-refractivity contribution in [1.29, 1.82) is 0 Å². The number of benzene rings is 8. The molecule has 4 heteroatoms. The van der Waals surface area contributed by atoms with Crippen LogP contribution in [0, 0.1) is 0 Å². The first-order valence-electron chi connectivity index (χ1n) is 17.6. The van der Waals surface area contributed by atoms with Crippen molar-refractivity contribution in [1.82, 2.24) is 4.57 Å². The Labute approximate surface area is 303 Å². The van der Waals surface area contributed by atoms with Crippen LogP contribution in [0.2, 0.25) is 0 Å². The second kappa shape index (κ2) is 11.5. The van der Waals surface area contributed by atoms with E-state index in [1.165, 1.54) is 47.6 Å². The third-order valence-corrected chi connectivity index (χ3v) is 11.6. The van der Waals surface area contributed by atoms with E-state index in [0.717, 1.165) is 50.2 Å². The molecular formula is C48H30N2OS. The lowest BCUT2D eigenvalue weighted by Gasteiger charge is -2.28. The van der Waals surface area contributed by atoms with Crippen molar-refractivity contribution in [2.45, 2.75) is 0 Å². The number of hydrogen-bond donors (Lipinski definition) is 0. The molecule has 11 rings (SSSR count). The molecule has 0 aliphatic carbocycles. The summed E-state index contributed by atoms with van der Waals surface area (Å²) in [5, 5.41) is 7.16. The van der Waals surface area contributed by atoms with Crippen molar-refractivity contribution in [2.75, 3.05) is 4.90 Å². The number of fused-ring (bicyclic) bond motifs is 9. The van der Waals surface area contributed by atoms with Gasteiger partial charge in [-0.05, 0) is 71.8 Å². The first-order chi connectivity index (χ1) is 25.8. The normalized spacial score (nSPS) is 11.8. The van der Waals surface area contributed by atoms with Crippen LogP contribution in [0.15, 0.2) is 186 Å². The predicted octanol–water partition coefficient (Wildman–Crippen LogP) is 14.2. The zero-order valence-corrected chi connectivity index (χ0v) is 28.8. The van der Waals surface area contributed by atoms with Gasteiger partial charge in [-0.2, -0.15) is 0 Å². The number of anilines is 3. The minimum absolute atomic E-state index is 0.871. The minimum Gasteiger partial charge on any atom is -0.456 e. The molecule has 0 spiro atoms. The van der Waals surface area contributed by atoms with Gasteiger partial charge >= 0.3 is 0 Å². The van der Waals surface area contributed by atoms with Crippen LogP contribution in [0.25, 0.3) is 80.7 Å². The summed E-state index contributed by atoms with van der Waals surface area (Å²) in [5.74, 6) is 0. The summed E-state index contributed by atoms with van der Waals surface area (Å²) in [6.07, 6.45) is 0. The summed E-state index contributed by atoms with van der Waals surface area (Å²) in [7, 11) is 0. The fraction of sp³-hybridized carbons (Fsp3) is 0. The maximum atomic E-state index is 6.49. The van der Waals surface area contributed by atoms with Crippen LogP contribution in [0.4, 0.5) is 17.1 Å². The molecule has 244 valence electrons. The Hall–Kier alpha value is -6.62. The van der Waals surface area contributed by atoms with Gasteiger partial charge < -0.3 is 13.9 Å². The van der Waals surface area contributed by atoms with Crippen molar-refractivity contribution in [3.05, 3.63) is 182 Å². The van der Waals surface area contributed by atoms with Gasteiger partial charge in [-0.15, -0.1) is 11.3 Å². The van der Waals surface area contributed by atoms with Crippen LogP contribution in [0.5, 0.6) is 0 Å². The van der Waals surface area contributed by atoms with E-state index in [1.54, 1.807) is 0 Å². The summed E-state index contributed by atoms with van der Waals surface area (Å²) < 4.78 is 11.4. The number of aromatic nitrogens is 1. The van der Waals surface area contributed by atoms with Gasteiger partial charge in [0.1, 0.15) is 11.2 Å². The Bertz CT molecular complexity index is 3130. The number of hydrogen-bond acceptors (Lipinski definition) is 3. The zero-order valence-electron chi connectivity index (χ0n) is 28.0. The van der Waals surface area contributed by atoms with E-state index in [-0.39, 0.29) is 0 Å².